The zero-order valence-corrected chi connectivity index (χ0v) is 14.3. The minimum absolute atomic E-state index is 0.0204. The molecule has 2 rings (SSSR count). The monoisotopic (exact) mass is 343 g/mol. The fraction of sp³-hybridized carbons (Fsp3) is 0.333. The molecule has 1 atom stereocenters. The van der Waals surface area contributed by atoms with Gasteiger partial charge < -0.3 is 10.1 Å². The zero-order valence-electron chi connectivity index (χ0n) is 14.3. The van der Waals surface area contributed by atoms with Gasteiger partial charge in [0.1, 0.15) is 0 Å². The molecular weight excluding hydrogens is 322 g/mol. The number of fused-ring (bicyclic) bond motifs is 1. The molecule has 0 saturated carbocycles. The van der Waals surface area contributed by atoms with Crippen LogP contribution < -0.4 is 10.9 Å². The molecule has 7 heteroatoms. The van der Waals surface area contributed by atoms with Crippen molar-refractivity contribution >= 4 is 22.6 Å². The van der Waals surface area contributed by atoms with Crippen molar-refractivity contribution in [3.05, 3.63) is 53.0 Å². The molecule has 132 valence electrons. The molecule has 1 unspecified atom stereocenters. The van der Waals surface area contributed by atoms with Gasteiger partial charge in [-0.2, -0.15) is 5.10 Å². The van der Waals surface area contributed by atoms with Crippen molar-refractivity contribution in [1.82, 2.24) is 15.1 Å². The van der Waals surface area contributed by atoms with E-state index in [0.29, 0.717) is 23.7 Å². The molecular formula is C18H21N3O4. The van der Waals surface area contributed by atoms with Crippen LogP contribution in [0.15, 0.2) is 41.7 Å². The Morgan fingerprint density at radius 1 is 1.36 bits per heavy atom. The number of carbonyl (C=O) groups is 2. The van der Waals surface area contributed by atoms with Crippen LogP contribution in [-0.2, 0) is 16.1 Å². The van der Waals surface area contributed by atoms with Crippen LogP contribution in [0.3, 0.4) is 0 Å². The van der Waals surface area contributed by atoms with E-state index in [1.165, 1.54) is 17.7 Å². The minimum Gasteiger partial charge on any atom is -0.448 e. The smallest absolute Gasteiger partial charge is 0.360 e. The average molecular weight is 343 g/mol. The lowest BCUT2D eigenvalue weighted by atomic mass is 10.1. The molecule has 1 N–H and O–H groups in total. The van der Waals surface area contributed by atoms with Gasteiger partial charge in [-0.15, -0.1) is 6.58 Å². The first kappa shape index (κ1) is 18.4. The highest BCUT2D eigenvalue weighted by atomic mass is 16.5. The molecule has 0 aliphatic heterocycles. The number of nitrogens with zero attached hydrogens (tertiary/aromatic N) is 2. The molecule has 0 aliphatic carbocycles. The second kappa shape index (κ2) is 8.23. The maximum atomic E-state index is 12.5. The van der Waals surface area contributed by atoms with Crippen LogP contribution in [0.1, 0.15) is 30.8 Å². The van der Waals surface area contributed by atoms with Crippen molar-refractivity contribution in [2.45, 2.75) is 32.9 Å². The van der Waals surface area contributed by atoms with Crippen molar-refractivity contribution in [3.8, 4) is 0 Å². The largest absolute Gasteiger partial charge is 0.448 e. The topological polar surface area (TPSA) is 90.3 Å². The molecule has 0 aliphatic rings. The van der Waals surface area contributed by atoms with Crippen molar-refractivity contribution in [2.75, 3.05) is 6.54 Å². The summed E-state index contributed by atoms with van der Waals surface area (Å²) in [7, 11) is 0. The lowest BCUT2D eigenvalue weighted by molar-refractivity contribution is -0.128. The van der Waals surface area contributed by atoms with Gasteiger partial charge in [-0.1, -0.05) is 31.2 Å². The Morgan fingerprint density at radius 2 is 2.04 bits per heavy atom. The summed E-state index contributed by atoms with van der Waals surface area (Å²) < 4.78 is 6.46. The molecule has 0 bridgehead atoms. The van der Waals surface area contributed by atoms with Crippen molar-refractivity contribution < 1.29 is 14.3 Å². The molecule has 1 aromatic carbocycles. The lowest BCUT2D eigenvalue weighted by Gasteiger charge is -2.14. The maximum absolute atomic E-state index is 12.5. The second-order valence-electron chi connectivity index (χ2n) is 5.50. The van der Waals surface area contributed by atoms with E-state index in [0.717, 1.165) is 0 Å². The SMILES string of the molecule is C=CCNC(=O)C(C)OC(=O)c1nn(CCC)c(=O)c2ccccc12. The summed E-state index contributed by atoms with van der Waals surface area (Å²) in [5.74, 6) is -1.18. The Hall–Kier alpha value is -2.96. The molecule has 1 heterocycles. The van der Waals surface area contributed by atoms with E-state index in [-0.39, 0.29) is 17.8 Å². The number of carbonyl (C=O) groups excluding carboxylic acids is 2. The van der Waals surface area contributed by atoms with E-state index < -0.39 is 18.0 Å². The Labute approximate surface area is 145 Å². The number of nitrogens with one attached hydrogen (secondary N) is 1. The Bertz CT molecular complexity index is 857. The summed E-state index contributed by atoms with van der Waals surface area (Å²) >= 11 is 0. The van der Waals surface area contributed by atoms with Gasteiger partial charge in [-0.05, 0) is 19.4 Å². The standard InChI is InChI=1S/C18H21N3O4/c1-4-10-19-16(22)12(3)25-18(24)15-13-8-6-7-9-14(13)17(23)21(20-15)11-5-2/h4,6-9,12H,1,5,10-11H2,2-3H3,(H,19,22). The van der Waals surface area contributed by atoms with Gasteiger partial charge in [-0.25, -0.2) is 9.48 Å². The number of benzene rings is 1. The van der Waals surface area contributed by atoms with Crippen molar-refractivity contribution in [2.24, 2.45) is 0 Å². The third kappa shape index (κ3) is 4.12. The van der Waals surface area contributed by atoms with Crippen LogP contribution in [0, 0.1) is 0 Å². The van der Waals surface area contributed by atoms with Crippen molar-refractivity contribution in [3.63, 3.8) is 0 Å². The van der Waals surface area contributed by atoms with Crippen LogP contribution in [0.2, 0.25) is 0 Å². The van der Waals surface area contributed by atoms with E-state index >= 15 is 0 Å². The first-order valence-electron chi connectivity index (χ1n) is 8.09. The van der Waals surface area contributed by atoms with Crippen LogP contribution >= 0.6 is 0 Å². The van der Waals surface area contributed by atoms with E-state index in [1.807, 2.05) is 6.92 Å². The summed E-state index contributed by atoms with van der Waals surface area (Å²) in [5.41, 5.74) is -0.238. The maximum Gasteiger partial charge on any atom is 0.360 e. The third-order valence-electron chi connectivity index (χ3n) is 3.57. The molecule has 0 saturated heterocycles. The predicted octanol–water partition coefficient (Wildman–Crippen LogP) is 1.65. The number of ether oxygens (including phenoxy) is 1. The van der Waals surface area contributed by atoms with E-state index in [2.05, 4.69) is 17.0 Å². The molecule has 1 aromatic heterocycles. The van der Waals surface area contributed by atoms with Crippen molar-refractivity contribution in [1.29, 1.82) is 0 Å². The van der Waals surface area contributed by atoms with Gasteiger partial charge in [0.15, 0.2) is 11.8 Å². The predicted molar refractivity (Wildman–Crippen MR) is 94.4 cm³/mol. The van der Waals surface area contributed by atoms with Gasteiger partial charge in [0.25, 0.3) is 11.5 Å². The number of amides is 1. The summed E-state index contributed by atoms with van der Waals surface area (Å²) in [6.45, 7) is 7.56. The Morgan fingerprint density at radius 3 is 2.68 bits per heavy atom. The van der Waals surface area contributed by atoms with Gasteiger partial charge in [0.05, 0.1) is 5.39 Å². The van der Waals surface area contributed by atoms with Gasteiger partial charge in [-0.3, -0.25) is 9.59 Å². The zero-order chi connectivity index (χ0) is 18.4. The minimum atomic E-state index is -0.987. The normalized spacial score (nSPS) is 11.8. The average Bonchev–Trinajstić information content (AvgIpc) is 2.62. The number of aryl methyl sites for hydroxylation is 1. The highest BCUT2D eigenvalue weighted by molar-refractivity contribution is 6.02. The molecule has 0 fully saturated rings. The fourth-order valence-corrected chi connectivity index (χ4v) is 2.34. The molecule has 0 radical (unpaired) electrons. The van der Waals surface area contributed by atoms with E-state index in [4.69, 9.17) is 4.74 Å². The first-order chi connectivity index (χ1) is 12.0. The third-order valence-corrected chi connectivity index (χ3v) is 3.57. The van der Waals surface area contributed by atoms with Crippen LogP contribution in [0.5, 0.6) is 0 Å². The van der Waals surface area contributed by atoms with Gasteiger partial charge in [0, 0.05) is 18.5 Å². The summed E-state index contributed by atoms with van der Waals surface area (Å²) in [4.78, 5) is 36.8. The van der Waals surface area contributed by atoms with Gasteiger partial charge >= 0.3 is 5.97 Å². The van der Waals surface area contributed by atoms with E-state index in [9.17, 15) is 14.4 Å². The highest BCUT2D eigenvalue weighted by Gasteiger charge is 2.22. The molecule has 0 spiro atoms. The summed E-state index contributed by atoms with van der Waals surface area (Å²) in [6.07, 6.45) is 1.24. The van der Waals surface area contributed by atoms with E-state index in [1.54, 1.807) is 24.3 Å². The summed E-state index contributed by atoms with van der Waals surface area (Å²) in [5, 5.41) is 7.50. The van der Waals surface area contributed by atoms with Crippen LogP contribution in [0.25, 0.3) is 10.8 Å². The number of aromatic nitrogens is 2. The second-order valence-corrected chi connectivity index (χ2v) is 5.50. The number of hydrogen-bond donors (Lipinski definition) is 1. The first-order valence-corrected chi connectivity index (χ1v) is 8.09. The number of esters is 1. The number of hydrogen-bond acceptors (Lipinski definition) is 5. The fourth-order valence-electron chi connectivity index (χ4n) is 2.34. The number of rotatable bonds is 7. The molecule has 7 nitrogen and oxygen atoms in total. The van der Waals surface area contributed by atoms with Crippen LogP contribution in [-0.4, -0.2) is 34.3 Å². The Kier molecular flexibility index (Phi) is 6.05. The quantitative estimate of drug-likeness (QED) is 0.610. The van der Waals surface area contributed by atoms with Gasteiger partial charge in [0.2, 0.25) is 0 Å². The lowest BCUT2D eigenvalue weighted by Crippen LogP contribution is -2.36. The molecule has 2 aromatic rings. The highest BCUT2D eigenvalue weighted by Crippen LogP contribution is 2.15. The molecule has 25 heavy (non-hydrogen) atoms. The Balaban J connectivity index is 2.37. The summed E-state index contributed by atoms with van der Waals surface area (Å²) in [6, 6.07) is 6.71. The van der Waals surface area contributed by atoms with Crippen LogP contribution in [0.4, 0.5) is 0 Å². The molecule has 1 amide bonds.